The highest BCUT2D eigenvalue weighted by Crippen LogP contribution is 2.33. The van der Waals surface area contributed by atoms with E-state index in [4.69, 9.17) is 5.73 Å². The number of rotatable bonds is 2. The lowest BCUT2D eigenvalue weighted by Crippen LogP contribution is -2.01. The number of aromatic nitrogens is 1. The first-order valence-electron chi connectivity index (χ1n) is 4.38. The highest BCUT2D eigenvalue weighted by molar-refractivity contribution is 9.13. The zero-order valence-electron chi connectivity index (χ0n) is 7.48. The lowest BCUT2D eigenvalue weighted by molar-refractivity contribution is 0.976. The van der Waals surface area contributed by atoms with Crippen molar-refractivity contribution in [2.24, 2.45) is 5.73 Å². The lowest BCUT2D eigenvalue weighted by atomic mass is 10.1. The highest BCUT2D eigenvalue weighted by atomic mass is 79.9. The molecule has 14 heavy (non-hydrogen) atoms. The van der Waals surface area contributed by atoms with Crippen molar-refractivity contribution in [1.82, 2.24) is 4.98 Å². The quantitative estimate of drug-likeness (QED) is 0.877. The maximum absolute atomic E-state index is 5.56. The molecule has 4 heteroatoms. The van der Waals surface area contributed by atoms with Crippen molar-refractivity contribution < 1.29 is 0 Å². The van der Waals surface area contributed by atoms with E-state index >= 15 is 0 Å². The largest absolute Gasteiger partial charge is 0.361 e. The van der Waals surface area contributed by atoms with Gasteiger partial charge >= 0.3 is 0 Å². The molecule has 0 bridgehead atoms. The first-order valence-corrected chi connectivity index (χ1v) is 5.96. The number of hydrogen-bond donors (Lipinski definition) is 2. The summed E-state index contributed by atoms with van der Waals surface area (Å²) in [4.78, 5) is 3.23. The zero-order valence-corrected chi connectivity index (χ0v) is 10.7. The Morgan fingerprint density at radius 2 is 2.07 bits per heavy atom. The third-order valence-electron chi connectivity index (χ3n) is 2.23. The minimum atomic E-state index is 0.673. The minimum Gasteiger partial charge on any atom is -0.361 e. The first-order chi connectivity index (χ1) is 6.74. The molecule has 0 amide bonds. The predicted molar refractivity (Wildman–Crippen MR) is 66.5 cm³/mol. The number of fused-ring (bicyclic) bond motifs is 1. The second-order valence-corrected chi connectivity index (χ2v) is 4.78. The van der Waals surface area contributed by atoms with E-state index < -0.39 is 0 Å². The van der Waals surface area contributed by atoms with Crippen LogP contribution in [0.1, 0.15) is 5.56 Å². The lowest BCUT2D eigenvalue weighted by Gasteiger charge is -2.01. The van der Waals surface area contributed by atoms with Crippen LogP contribution >= 0.6 is 31.9 Å². The number of H-pyrrole nitrogens is 1. The van der Waals surface area contributed by atoms with Crippen molar-refractivity contribution in [3.63, 3.8) is 0 Å². The topological polar surface area (TPSA) is 41.8 Å². The molecule has 0 radical (unpaired) electrons. The van der Waals surface area contributed by atoms with Crippen molar-refractivity contribution in [2.75, 3.05) is 6.54 Å². The molecule has 74 valence electrons. The van der Waals surface area contributed by atoms with E-state index in [1.54, 1.807) is 0 Å². The van der Waals surface area contributed by atoms with Gasteiger partial charge in [-0.1, -0.05) is 0 Å². The van der Waals surface area contributed by atoms with Gasteiger partial charge in [0.15, 0.2) is 0 Å². The number of benzene rings is 1. The van der Waals surface area contributed by atoms with Crippen molar-refractivity contribution in [1.29, 1.82) is 0 Å². The van der Waals surface area contributed by atoms with Gasteiger partial charge in [-0.3, -0.25) is 0 Å². The summed E-state index contributed by atoms with van der Waals surface area (Å²) in [6, 6.07) is 4.08. The van der Waals surface area contributed by atoms with Crippen LogP contribution in [0.5, 0.6) is 0 Å². The van der Waals surface area contributed by atoms with Crippen LogP contribution in [-0.4, -0.2) is 11.5 Å². The Kier molecular flexibility index (Phi) is 2.95. The Labute approximate surface area is 99.1 Å². The van der Waals surface area contributed by atoms with Crippen LogP contribution in [0, 0.1) is 0 Å². The number of hydrogen-bond acceptors (Lipinski definition) is 1. The smallest absolute Gasteiger partial charge is 0.0469 e. The summed E-state index contributed by atoms with van der Waals surface area (Å²) in [7, 11) is 0. The SMILES string of the molecule is NCCc1c[nH]c2ccc(Br)c(Br)c12. The van der Waals surface area contributed by atoms with Gasteiger partial charge in [0, 0.05) is 26.0 Å². The molecule has 3 N–H and O–H groups in total. The van der Waals surface area contributed by atoms with Crippen molar-refractivity contribution in [3.8, 4) is 0 Å². The van der Waals surface area contributed by atoms with Gasteiger partial charge in [0.1, 0.15) is 0 Å². The number of nitrogens with one attached hydrogen (secondary N) is 1. The summed E-state index contributed by atoms with van der Waals surface area (Å²) in [6.45, 7) is 0.673. The van der Waals surface area contributed by atoms with Crippen LogP contribution in [-0.2, 0) is 6.42 Å². The molecule has 2 nitrogen and oxygen atoms in total. The zero-order chi connectivity index (χ0) is 10.1. The monoisotopic (exact) mass is 316 g/mol. The first kappa shape index (κ1) is 10.2. The summed E-state index contributed by atoms with van der Waals surface area (Å²) < 4.78 is 2.17. The standard InChI is InChI=1S/C10H10Br2N2/c11-7-1-2-8-9(10(7)12)6(3-4-13)5-14-8/h1-2,5,14H,3-4,13H2. The number of aromatic amines is 1. The van der Waals surface area contributed by atoms with Crippen molar-refractivity contribution in [3.05, 3.63) is 32.8 Å². The van der Waals surface area contributed by atoms with Crippen molar-refractivity contribution >= 4 is 42.8 Å². The van der Waals surface area contributed by atoms with E-state index in [2.05, 4.69) is 42.9 Å². The van der Waals surface area contributed by atoms with Gasteiger partial charge in [-0.05, 0) is 62.5 Å². The van der Waals surface area contributed by atoms with Crippen LogP contribution in [0.3, 0.4) is 0 Å². The molecule has 0 fully saturated rings. The molecule has 2 aromatic rings. The Morgan fingerprint density at radius 3 is 2.79 bits per heavy atom. The normalized spacial score (nSPS) is 11.1. The fourth-order valence-corrected chi connectivity index (χ4v) is 2.51. The van der Waals surface area contributed by atoms with Crippen LogP contribution in [0.25, 0.3) is 10.9 Å². The summed E-state index contributed by atoms with van der Waals surface area (Å²) in [5.41, 5.74) is 7.96. The average Bonchev–Trinajstić information content (AvgIpc) is 2.57. The Balaban J connectivity index is 2.69. The van der Waals surface area contributed by atoms with E-state index in [1.165, 1.54) is 10.9 Å². The van der Waals surface area contributed by atoms with Gasteiger partial charge in [-0.2, -0.15) is 0 Å². The van der Waals surface area contributed by atoms with Gasteiger partial charge in [0.05, 0.1) is 0 Å². The van der Waals surface area contributed by atoms with Gasteiger partial charge in [-0.15, -0.1) is 0 Å². The maximum Gasteiger partial charge on any atom is 0.0469 e. The molecule has 1 aromatic carbocycles. The molecule has 1 heterocycles. The molecular formula is C10H10Br2N2. The predicted octanol–water partition coefficient (Wildman–Crippen LogP) is 3.19. The third-order valence-corrected chi connectivity index (χ3v) is 4.25. The van der Waals surface area contributed by atoms with Crippen LogP contribution in [0.2, 0.25) is 0 Å². The van der Waals surface area contributed by atoms with E-state index in [1.807, 2.05) is 12.3 Å². The van der Waals surface area contributed by atoms with Gasteiger partial charge in [-0.25, -0.2) is 0 Å². The summed E-state index contributed by atoms with van der Waals surface area (Å²) >= 11 is 7.07. The molecule has 0 atom stereocenters. The number of halogens is 2. The fraction of sp³-hybridized carbons (Fsp3) is 0.200. The molecule has 0 spiro atoms. The van der Waals surface area contributed by atoms with Gasteiger partial charge < -0.3 is 10.7 Å². The van der Waals surface area contributed by atoms with Gasteiger partial charge in [0.2, 0.25) is 0 Å². The maximum atomic E-state index is 5.56. The van der Waals surface area contributed by atoms with Crippen molar-refractivity contribution in [2.45, 2.75) is 6.42 Å². The summed E-state index contributed by atoms with van der Waals surface area (Å²) in [6.07, 6.45) is 2.92. The Morgan fingerprint density at radius 1 is 1.29 bits per heavy atom. The van der Waals surface area contributed by atoms with E-state index in [-0.39, 0.29) is 0 Å². The Bertz CT molecular complexity index is 462. The number of nitrogens with two attached hydrogens (primary N) is 1. The fourth-order valence-electron chi connectivity index (χ4n) is 1.57. The third kappa shape index (κ3) is 1.62. The average molecular weight is 318 g/mol. The van der Waals surface area contributed by atoms with E-state index in [0.717, 1.165) is 20.9 Å². The molecule has 2 rings (SSSR count). The highest BCUT2D eigenvalue weighted by Gasteiger charge is 2.08. The molecule has 0 saturated carbocycles. The van der Waals surface area contributed by atoms with Crippen LogP contribution in [0.15, 0.2) is 27.3 Å². The summed E-state index contributed by atoms with van der Waals surface area (Å²) in [5, 5.41) is 1.23. The Hall–Kier alpha value is -0.320. The second kappa shape index (κ2) is 4.04. The van der Waals surface area contributed by atoms with Gasteiger partial charge in [0.25, 0.3) is 0 Å². The molecule has 0 unspecified atom stereocenters. The molecule has 0 aliphatic rings. The van der Waals surface area contributed by atoms with Crippen LogP contribution < -0.4 is 5.73 Å². The van der Waals surface area contributed by atoms with E-state index in [9.17, 15) is 0 Å². The van der Waals surface area contributed by atoms with Crippen LogP contribution in [0.4, 0.5) is 0 Å². The molecule has 0 aliphatic heterocycles. The molecule has 0 aliphatic carbocycles. The molecular weight excluding hydrogens is 308 g/mol. The molecule has 0 saturated heterocycles. The second-order valence-electron chi connectivity index (χ2n) is 3.14. The van der Waals surface area contributed by atoms with E-state index in [0.29, 0.717) is 6.54 Å². The summed E-state index contributed by atoms with van der Waals surface area (Å²) in [5.74, 6) is 0. The minimum absolute atomic E-state index is 0.673. The molecule has 1 aromatic heterocycles.